The van der Waals surface area contributed by atoms with Crippen LogP contribution in [0.3, 0.4) is 0 Å². The molecule has 88 valence electrons. The third kappa shape index (κ3) is 3.03. The van der Waals surface area contributed by atoms with Crippen molar-refractivity contribution in [3.05, 3.63) is 35.4 Å². The molecule has 0 fully saturated rings. The van der Waals surface area contributed by atoms with Gasteiger partial charge in [-0.25, -0.2) is 0 Å². The summed E-state index contributed by atoms with van der Waals surface area (Å²) >= 11 is 5.10. The summed E-state index contributed by atoms with van der Waals surface area (Å²) in [4.78, 5) is 2.55. The molecule has 0 aliphatic rings. The van der Waals surface area contributed by atoms with Gasteiger partial charge in [0.15, 0.2) is 0 Å². The number of nitrogens with zero attached hydrogens (tertiary/aromatic N) is 1. The van der Waals surface area contributed by atoms with Crippen molar-refractivity contribution in [3.8, 4) is 0 Å². The lowest BCUT2D eigenvalue weighted by Gasteiger charge is -2.23. The highest BCUT2D eigenvalue weighted by molar-refractivity contribution is 7.80. The van der Waals surface area contributed by atoms with E-state index >= 15 is 0 Å². The van der Waals surface area contributed by atoms with Crippen molar-refractivity contribution < 1.29 is 0 Å². The Morgan fingerprint density at radius 2 is 1.56 bits per heavy atom. The van der Waals surface area contributed by atoms with Crippen molar-refractivity contribution in [3.63, 3.8) is 0 Å². The Morgan fingerprint density at radius 3 is 1.88 bits per heavy atom. The first kappa shape index (κ1) is 13.1. The van der Waals surface area contributed by atoms with Crippen LogP contribution in [0.4, 0.5) is 0 Å². The van der Waals surface area contributed by atoms with Crippen molar-refractivity contribution in [1.82, 2.24) is 4.90 Å². The Bertz CT molecular complexity index is 355. The van der Waals surface area contributed by atoms with Gasteiger partial charge in [-0.15, -0.1) is 0 Å². The molecule has 1 atom stereocenters. The van der Waals surface area contributed by atoms with Crippen LogP contribution in [0.5, 0.6) is 0 Å². The minimum absolute atomic E-state index is 0.0243. The molecule has 1 rings (SSSR count). The van der Waals surface area contributed by atoms with E-state index in [0.29, 0.717) is 10.9 Å². The summed E-state index contributed by atoms with van der Waals surface area (Å²) in [5.41, 5.74) is 8.25. The summed E-state index contributed by atoms with van der Waals surface area (Å²) in [5.74, 6) is 0.552. The maximum Gasteiger partial charge on any atom is 0.0948 e. The number of thiocarbonyl (C=S) groups is 1. The lowest BCUT2D eigenvalue weighted by Crippen LogP contribution is -2.31. The molecule has 0 aliphatic carbocycles. The minimum atomic E-state index is 0.0243. The first-order valence-electron chi connectivity index (χ1n) is 5.49. The number of likely N-dealkylation sites (N-methyl/N-ethyl adjacent to an activating group) is 1. The Kier molecular flexibility index (Phi) is 4.44. The van der Waals surface area contributed by atoms with E-state index in [1.54, 1.807) is 0 Å². The van der Waals surface area contributed by atoms with Gasteiger partial charge >= 0.3 is 0 Å². The molecule has 1 aromatic carbocycles. The van der Waals surface area contributed by atoms with Gasteiger partial charge in [-0.3, -0.25) is 4.90 Å². The molecule has 0 amide bonds. The number of benzene rings is 1. The first-order valence-corrected chi connectivity index (χ1v) is 5.90. The van der Waals surface area contributed by atoms with Gasteiger partial charge in [0.05, 0.1) is 11.0 Å². The van der Waals surface area contributed by atoms with E-state index in [0.717, 1.165) is 5.56 Å². The molecule has 2 nitrogen and oxygen atoms in total. The van der Waals surface area contributed by atoms with Gasteiger partial charge in [0, 0.05) is 0 Å². The Morgan fingerprint density at radius 1 is 1.12 bits per heavy atom. The van der Waals surface area contributed by atoms with Crippen molar-refractivity contribution in [1.29, 1.82) is 0 Å². The normalized spacial score (nSPS) is 13.1. The summed E-state index contributed by atoms with van der Waals surface area (Å²) in [5, 5.41) is 0. The van der Waals surface area contributed by atoms with E-state index in [1.165, 1.54) is 5.56 Å². The Balaban J connectivity index is 2.99. The SMILES string of the molecule is CC(C)c1ccc(C(C(N)=S)N(C)C)cc1. The number of hydrogen-bond donors (Lipinski definition) is 1. The zero-order valence-electron chi connectivity index (χ0n) is 10.4. The molecule has 2 N–H and O–H groups in total. The molecule has 1 unspecified atom stereocenters. The van der Waals surface area contributed by atoms with Gasteiger partial charge in [-0.2, -0.15) is 0 Å². The molecule has 0 spiro atoms. The van der Waals surface area contributed by atoms with Crippen LogP contribution >= 0.6 is 12.2 Å². The van der Waals surface area contributed by atoms with E-state index in [2.05, 4.69) is 38.1 Å². The molecule has 0 radical (unpaired) electrons. The van der Waals surface area contributed by atoms with Gasteiger partial charge in [0.1, 0.15) is 0 Å². The maximum atomic E-state index is 5.76. The zero-order chi connectivity index (χ0) is 12.3. The fraction of sp³-hybridized carbons (Fsp3) is 0.462. The van der Waals surface area contributed by atoms with Gasteiger partial charge in [0.2, 0.25) is 0 Å². The maximum absolute atomic E-state index is 5.76. The van der Waals surface area contributed by atoms with Crippen LogP contribution in [0.25, 0.3) is 0 Å². The largest absolute Gasteiger partial charge is 0.392 e. The predicted molar refractivity (Wildman–Crippen MR) is 73.7 cm³/mol. The molecule has 0 aromatic heterocycles. The van der Waals surface area contributed by atoms with Crippen LogP contribution in [0, 0.1) is 0 Å². The fourth-order valence-electron chi connectivity index (χ4n) is 1.78. The van der Waals surface area contributed by atoms with E-state index in [4.69, 9.17) is 18.0 Å². The Labute approximate surface area is 103 Å². The van der Waals surface area contributed by atoms with Crippen molar-refractivity contribution >= 4 is 17.2 Å². The van der Waals surface area contributed by atoms with E-state index in [-0.39, 0.29) is 6.04 Å². The molecular formula is C13H20N2S. The second kappa shape index (κ2) is 5.41. The highest BCUT2D eigenvalue weighted by Crippen LogP contribution is 2.21. The third-order valence-electron chi connectivity index (χ3n) is 2.70. The Hall–Kier alpha value is -0.930. The molecule has 0 bridgehead atoms. The molecule has 1 aromatic rings. The van der Waals surface area contributed by atoms with Crippen LogP contribution in [-0.4, -0.2) is 24.0 Å². The zero-order valence-corrected chi connectivity index (χ0v) is 11.2. The topological polar surface area (TPSA) is 29.3 Å². The molecule has 16 heavy (non-hydrogen) atoms. The standard InChI is InChI=1S/C13H20N2S/c1-9(2)10-5-7-11(8-6-10)12(13(14)16)15(3)4/h5-9,12H,1-4H3,(H2,14,16). The van der Waals surface area contributed by atoms with Gasteiger partial charge in [-0.05, 0) is 31.1 Å². The predicted octanol–water partition coefficient (Wildman–Crippen LogP) is 2.70. The third-order valence-corrected chi connectivity index (χ3v) is 2.93. The van der Waals surface area contributed by atoms with E-state index in [1.807, 2.05) is 19.0 Å². The average molecular weight is 236 g/mol. The minimum Gasteiger partial charge on any atom is -0.392 e. The van der Waals surface area contributed by atoms with E-state index in [9.17, 15) is 0 Å². The number of rotatable bonds is 4. The summed E-state index contributed by atoms with van der Waals surface area (Å²) in [6.07, 6.45) is 0. The highest BCUT2D eigenvalue weighted by Gasteiger charge is 2.16. The van der Waals surface area contributed by atoms with Crippen LogP contribution in [0.15, 0.2) is 24.3 Å². The van der Waals surface area contributed by atoms with Crippen LogP contribution in [0.2, 0.25) is 0 Å². The number of hydrogen-bond acceptors (Lipinski definition) is 2. The number of nitrogens with two attached hydrogens (primary N) is 1. The first-order chi connectivity index (χ1) is 7.43. The quantitative estimate of drug-likeness (QED) is 0.815. The summed E-state index contributed by atoms with van der Waals surface area (Å²) in [7, 11) is 3.97. The van der Waals surface area contributed by atoms with Crippen LogP contribution < -0.4 is 5.73 Å². The second-order valence-electron chi connectivity index (χ2n) is 4.59. The average Bonchev–Trinajstić information content (AvgIpc) is 2.17. The molecule has 0 heterocycles. The lowest BCUT2D eigenvalue weighted by molar-refractivity contribution is 0.371. The monoisotopic (exact) mass is 236 g/mol. The molecular weight excluding hydrogens is 216 g/mol. The fourth-order valence-corrected chi connectivity index (χ4v) is 2.13. The van der Waals surface area contributed by atoms with Crippen molar-refractivity contribution in [2.24, 2.45) is 5.73 Å². The summed E-state index contributed by atoms with van der Waals surface area (Å²) < 4.78 is 0. The van der Waals surface area contributed by atoms with Crippen LogP contribution in [-0.2, 0) is 0 Å². The van der Waals surface area contributed by atoms with Gasteiger partial charge < -0.3 is 5.73 Å². The lowest BCUT2D eigenvalue weighted by atomic mass is 9.99. The highest BCUT2D eigenvalue weighted by atomic mass is 32.1. The van der Waals surface area contributed by atoms with Crippen LogP contribution in [0.1, 0.15) is 36.9 Å². The van der Waals surface area contributed by atoms with Crippen molar-refractivity contribution in [2.45, 2.75) is 25.8 Å². The summed E-state index contributed by atoms with van der Waals surface area (Å²) in [6.45, 7) is 4.37. The summed E-state index contributed by atoms with van der Waals surface area (Å²) in [6, 6.07) is 8.54. The molecule has 3 heteroatoms. The molecule has 0 aliphatic heterocycles. The molecule has 0 saturated carbocycles. The van der Waals surface area contributed by atoms with Crippen molar-refractivity contribution in [2.75, 3.05) is 14.1 Å². The van der Waals surface area contributed by atoms with Gasteiger partial charge in [-0.1, -0.05) is 50.3 Å². The smallest absolute Gasteiger partial charge is 0.0948 e. The molecule has 0 saturated heterocycles. The second-order valence-corrected chi connectivity index (χ2v) is 5.06. The van der Waals surface area contributed by atoms with E-state index < -0.39 is 0 Å². The van der Waals surface area contributed by atoms with Gasteiger partial charge in [0.25, 0.3) is 0 Å².